The smallest absolute Gasteiger partial charge is 0.344 e. The van der Waals surface area contributed by atoms with E-state index in [1.807, 2.05) is 12.1 Å². The number of carbonyl (C=O) groups excluding carboxylic acids is 2. The van der Waals surface area contributed by atoms with Crippen LogP contribution in [0.25, 0.3) is 0 Å². The Hall–Kier alpha value is -3.53. The lowest BCUT2D eigenvalue weighted by atomic mass is 10.2. The van der Waals surface area contributed by atoms with Gasteiger partial charge in [-0.3, -0.25) is 4.79 Å². The van der Waals surface area contributed by atoms with E-state index in [0.29, 0.717) is 17.2 Å². The third kappa shape index (κ3) is 6.36. The molecule has 0 bridgehead atoms. The van der Waals surface area contributed by atoms with Crippen molar-refractivity contribution in [2.24, 2.45) is 0 Å². The van der Waals surface area contributed by atoms with E-state index in [1.165, 1.54) is 4.90 Å². The second-order valence-electron chi connectivity index (χ2n) is 5.41. The van der Waals surface area contributed by atoms with Crippen LogP contribution in [0.5, 0.6) is 11.5 Å². The molecule has 0 unspecified atom stereocenters. The number of ether oxygens (including phenoxy) is 3. The third-order valence-electron chi connectivity index (χ3n) is 3.59. The lowest BCUT2D eigenvalue weighted by Crippen LogP contribution is -2.36. The van der Waals surface area contributed by atoms with E-state index in [1.54, 1.807) is 55.6 Å². The second-order valence-corrected chi connectivity index (χ2v) is 5.41. The Balaban J connectivity index is 1.84. The molecule has 7 heteroatoms. The molecule has 1 amide bonds. The average molecular weight is 368 g/mol. The van der Waals surface area contributed by atoms with E-state index in [2.05, 4.69) is 0 Å². The van der Waals surface area contributed by atoms with Crippen LogP contribution in [-0.4, -0.2) is 38.7 Å². The Bertz CT molecular complexity index is 784. The van der Waals surface area contributed by atoms with Crippen molar-refractivity contribution in [1.29, 1.82) is 5.26 Å². The number of methoxy groups -OCH3 is 1. The van der Waals surface area contributed by atoms with Gasteiger partial charge in [-0.15, -0.1) is 0 Å². The first-order valence-electron chi connectivity index (χ1n) is 8.29. The number of benzene rings is 2. The van der Waals surface area contributed by atoms with Gasteiger partial charge in [0.15, 0.2) is 13.2 Å². The molecule has 0 atom stereocenters. The minimum absolute atomic E-state index is 0.176. The molecule has 0 aromatic heterocycles. The number of hydrogen-bond acceptors (Lipinski definition) is 6. The fourth-order valence-corrected chi connectivity index (χ4v) is 2.24. The predicted molar refractivity (Wildman–Crippen MR) is 98.5 cm³/mol. The molecule has 0 saturated carbocycles. The summed E-state index contributed by atoms with van der Waals surface area (Å²) in [6, 6.07) is 17.7. The number of hydrogen-bond donors (Lipinski definition) is 0. The molecule has 0 aliphatic rings. The molecular weight excluding hydrogens is 348 g/mol. The van der Waals surface area contributed by atoms with Crippen molar-refractivity contribution in [3.63, 3.8) is 0 Å². The number of esters is 1. The molecule has 0 spiro atoms. The quantitative estimate of drug-likeness (QED) is 0.632. The van der Waals surface area contributed by atoms with Gasteiger partial charge in [-0.25, -0.2) is 4.79 Å². The molecule has 0 fully saturated rings. The summed E-state index contributed by atoms with van der Waals surface area (Å²) >= 11 is 0. The molecule has 27 heavy (non-hydrogen) atoms. The summed E-state index contributed by atoms with van der Waals surface area (Å²) in [5, 5.41) is 8.78. The standard InChI is InChI=1S/C20H20N2O5/c1-25-17-8-10-18(11-9-17)26-15-20(24)27-14-19(23)22(13-5-12-21)16-6-3-2-4-7-16/h2-4,6-11H,5,13-15H2,1H3. The van der Waals surface area contributed by atoms with Crippen LogP contribution in [0, 0.1) is 11.3 Å². The first-order valence-corrected chi connectivity index (χ1v) is 8.29. The van der Waals surface area contributed by atoms with E-state index < -0.39 is 18.5 Å². The van der Waals surface area contributed by atoms with E-state index in [-0.39, 0.29) is 19.6 Å². The lowest BCUT2D eigenvalue weighted by molar-refractivity contribution is -0.149. The molecule has 0 saturated heterocycles. The van der Waals surface area contributed by atoms with Gasteiger partial charge in [0.1, 0.15) is 11.5 Å². The van der Waals surface area contributed by atoms with Crippen molar-refractivity contribution in [2.75, 3.05) is 31.8 Å². The van der Waals surface area contributed by atoms with Crippen LogP contribution in [-0.2, 0) is 14.3 Å². The van der Waals surface area contributed by atoms with Gasteiger partial charge in [0.25, 0.3) is 5.91 Å². The predicted octanol–water partition coefficient (Wildman–Crippen LogP) is 2.56. The van der Waals surface area contributed by atoms with E-state index in [4.69, 9.17) is 19.5 Å². The van der Waals surface area contributed by atoms with Crippen molar-refractivity contribution >= 4 is 17.6 Å². The summed E-state index contributed by atoms with van der Waals surface area (Å²) in [7, 11) is 1.56. The summed E-state index contributed by atoms with van der Waals surface area (Å²) in [4.78, 5) is 25.6. The van der Waals surface area contributed by atoms with Gasteiger partial charge in [0.2, 0.25) is 0 Å². The van der Waals surface area contributed by atoms with Crippen molar-refractivity contribution in [3.05, 3.63) is 54.6 Å². The van der Waals surface area contributed by atoms with Crippen LogP contribution >= 0.6 is 0 Å². The zero-order chi connectivity index (χ0) is 19.5. The van der Waals surface area contributed by atoms with Gasteiger partial charge in [-0.2, -0.15) is 5.26 Å². The highest BCUT2D eigenvalue weighted by Gasteiger charge is 2.17. The number of anilines is 1. The topological polar surface area (TPSA) is 88.9 Å². The molecule has 140 valence electrons. The van der Waals surface area contributed by atoms with Gasteiger partial charge in [-0.05, 0) is 36.4 Å². The Morgan fingerprint density at radius 1 is 1.00 bits per heavy atom. The van der Waals surface area contributed by atoms with Crippen molar-refractivity contribution in [3.8, 4) is 17.6 Å². The maximum atomic E-state index is 12.4. The highest BCUT2D eigenvalue weighted by atomic mass is 16.6. The molecule has 7 nitrogen and oxygen atoms in total. The largest absolute Gasteiger partial charge is 0.497 e. The monoisotopic (exact) mass is 368 g/mol. The molecule has 2 aromatic carbocycles. The fourth-order valence-electron chi connectivity index (χ4n) is 2.24. The van der Waals surface area contributed by atoms with Crippen LogP contribution in [0.2, 0.25) is 0 Å². The first-order chi connectivity index (χ1) is 13.1. The van der Waals surface area contributed by atoms with Gasteiger partial charge in [0.05, 0.1) is 19.6 Å². The second kappa shape index (κ2) is 10.5. The summed E-state index contributed by atoms with van der Waals surface area (Å²) in [5.41, 5.74) is 0.642. The lowest BCUT2D eigenvalue weighted by Gasteiger charge is -2.21. The SMILES string of the molecule is COc1ccc(OCC(=O)OCC(=O)N(CCC#N)c2ccccc2)cc1. The maximum Gasteiger partial charge on any atom is 0.344 e. The third-order valence-corrected chi connectivity index (χ3v) is 3.59. The van der Waals surface area contributed by atoms with Crippen molar-refractivity contribution in [1.82, 2.24) is 0 Å². The first kappa shape index (κ1) is 19.8. The number of nitriles is 1. The van der Waals surface area contributed by atoms with Crippen LogP contribution in [0.4, 0.5) is 5.69 Å². The van der Waals surface area contributed by atoms with Crippen molar-refractivity contribution in [2.45, 2.75) is 6.42 Å². The Morgan fingerprint density at radius 3 is 2.30 bits per heavy atom. The minimum Gasteiger partial charge on any atom is -0.497 e. The molecule has 2 rings (SSSR count). The van der Waals surface area contributed by atoms with Gasteiger partial charge in [-0.1, -0.05) is 18.2 Å². The zero-order valence-corrected chi connectivity index (χ0v) is 15.0. The number of amides is 1. The molecule has 0 aliphatic carbocycles. The number of para-hydroxylation sites is 1. The Morgan fingerprint density at radius 2 is 1.67 bits per heavy atom. The van der Waals surface area contributed by atoms with Crippen LogP contribution in [0.3, 0.4) is 0 Å². The maximum absolute atomic E-state index is 12.4. The summed E-state index contributed by atoms with van der Waals surface area (Å²) in [6.45, 7) is -0.520. The molecular formula is C20H20N2O5. The number of nitrogens with zero attached hydrogens (tertiary/aromatic N) is 2. The molecule has 0 aliphatic heterocycles. The Labute approximate surface area is 157 Å². The van der Waals surface area contributed by atoms with E-state index in [9.17, 15) is 9.59 Å². The number of rotatable bonds is 9. The molecule has 0 N–H and O–H groups in total. The van der Waals surface area contributed by atoms with Crippen LogP contribution in [0.1, 0.15) is 6.42 Å². The van der Waals surface area contributed by atoms with Crippen LogP contribution in [0.15, 0.2) is 54.6 Å². The highest BCUT2D eigenvalue weighted by molar-refractivity contribution is 5.95. The normalized spacial score (nSPS) is 9.78. The van der Waals surface area contributed by atoms with E-state index >= 15 is 0 Å². The number of carbonyl (C=O) groups is 2. The van der Waals surface area contributed by atoms with Gasteiger partial charge >= 0.3 is 5.97 Å². The average Bonchev–Trinajstić information content (AvgIpc) is 2.72. The summed E-state index contributed by atoms with van der Waals surface area (Å²) in [5.74, 6) is 0.0922. The summed E-state index contributed by atoms with van der Waals surface area (Å²) < 4.78 is 15.3. The Kier molecular flexibility index (Phi) is 7.67. The fraction of sp³-hybridized carbons (Fsp3) is 0.250. The van der Waals surface area contributed by atoms with Crippen molar-refractivity contribution < 1.29 is 23.8 Å². The van der Waals surface area contributed by atoms with E-state index in [0.717, 1.165) is 0 Å². The van der Waals surface area contributed by atoms with Gasteiger partial charge < -0.3 is 19.1 Å². The highest BCUT2D eigenvalue weighted by Crippen LogP contribution is 2.17. The molecule has 0 heterocycles. The summed E-state index contributed by atoms with van der Waals surface area (Å²) in [6.07, 6.45) is 0.176. The minimum atomic E-state index is -0.660. The van der Waals surface area contributed by atoms with Crippen LogP contribution < -0.4 is 14.4 Å². The molecule has 2 aromatic rings. The molecule has 0 radical (unpaired) electrons. The van der Waals surface area contributed by atoms with Gasteiger partial charge in [0, 0.05) is 12.2 Å². The zero-order valence-electron chi connectivity index (χ0n) is 15.0.